The number of carbonyl (C=O) groups is 1. The minimum Gasteiger partial charge on any atom is -0.490 e. The van der Waals surface area contributed by atoms with Crippen LogP contribution in [0.15, 0.2) is 83.8 Å². The second-order valence-corrected chi connectivity index (χ2v) is 10.6. The predicted octanol–water partition coefficient (Wildman–Crippen LogP) is 4.36. The van der Waals surface area contributed by atoms with Crippen molar-refractivity contribution in [3.05, 3.63) is 84.4 Å². The molecule has 0 saturated carbocycles. The summed E-state index contributed by atoms with van der Waals surface area (Å²) in [4.78, 5) is 16.3. The van der Waals surface area contributed by atoms with Crippen molar-refractivity contribution in [2.75, 3.05) is 27.2 Å². The molecule has 1 aliphatic rings. The summed E-state index contributed by atoms with van der Waals surface area (Å²) in [7, 11) is 0.222. The van der Waals surface area contributed by atoms with Crippen LogP contribution in [0.3, 0.4) is 0 Å². The number of hydrogen-bond acceptors (Lipinski definition) is 5. The molecule has 1 saturated heterocycles. The van der Waals surface area contributed by atoms with Gasteiger partial charge >= 0.3 is 6.03 Å². The molecule has 0 aliphatic carbocycles. The molecule has 0 unspecified atom stereocenters. The SMILES string of the molecule is CN(C)Cc1ccccc1-c1cccc(OC2CCN(C(=O)NS(=O)(=O)c3ccccc3)CC2)c1. The van der Waals surface area contributed by atoms with Crippen molar-refractivity contribution < 1.29 is 17.9 Å². The van der Waals surface area contributed by atoms with E-state index in [1.54, 1.807) is 18.2 Å². The van der Waals surface area contributed by atoms with Crippen LogP contribution in [0.4, 0.5) is 4.79 Å². The number of likely N-dealkylation sites (tertiary alicyclic amines) is 1. The topological polar surface area (TPSA) is 79.0 Å². The molecule has 0 bridgehead atoms. The molecule has 1 N–H and O–H groups in total. The zero-order chi connectivity index (χ0) is 24.8. The molecule has 3 aromatic carbocycles. The number of benzene rings is 3. The molecular weight excluding hydrogens is 462 g/mol. The van der Waals surface area contributed by atoms with Crippen molar-refractivity contribution >= 4 is 16.1 Å². The maximum absolute atomic E-state index is 12.6. The Balaban J connectivity index is 1.36. The summed E-state index contributed by atoms with van der Waals surface area (Å²) >= 11 is 0. The summed E-state index contributed by atoms with van der Waals surface area (Å²) in [5.41, 5.74) is 3.53. The summed E-state index contributed by atoms with van der Waals surface area (Å²) in [5, 5.41) is 0. The molecule has 35 heavy (non-hydrogen) atoms. The van der Waals surface area contributed by atoms with E-state index in [1.807, 2.05) is 18.2 Å². The standard InChI is InChI=1S/C27H31N3O4S/c1-29(2)20-22-9-6-7-14-26(22)21-10-8-11-24(19-21)34-23-15-17-30(18-16-23)27(31)28-35(32,33)25-12-4-3-5-13-25/h3-14,19,23H,15-18,20H2,1-2H3,(H,28,31). The first-order chi connectivity index (χ1) is 16.8. The van der Waals surface area contributed by atoms with Crippen molar-refractivity contribution in [3.63, 3.8) is 0 Å². The third kappa shape index (κ3) is 6.41. The zero-order valence-electron chi connectivity index (χ0n) is 20.1. The monoisotopic (exact) mass is 493 g/mol. The van der Waals surface area contributed by atoms with Crippen molar-refractivity contribution in [2.45, 2.75) is 30.4 Å². The number of nitrogens with zero attached hydrogens (tertiary/aromatic N) is 2. The van der Waals surface area contributed by atoms with Gasteiger partial charge in [0.05, 0.1) is 4.90 Å². The molecule has 4 rings (SSSR count). The Morgan fingerprint density at radius 2 is 1.66 bits per heavy atom. The molecule has 0 aromatic heterocycles. The quantitative estimate of drug-likeness (QED) is 0.529. The first-order valence-electron chi connectivity index (χ1n) is 11.7. The van der Waals surface area contributed by atoms with Gasteiger partial charge in [0.2, 0.25) is 0 Å². The Labute approximate surface area is 207 Å². The number of ether oxygens (including phenoxy) is 1. The van der Waals surface area contributed by atoms with Crippen LogP contribution in [0.1, 0.15) is 18.4 Å². The maximum Gasteiger partial charge on any atom is 0.331 e. The summed E-state index contributed by atoms with van der Waals surface area (Å²) in [6.45, 7) is 1.69. The molecule has 8 heteroatoms. The molecule has 0 radical (unpaired) electrons. The van der Waals surface area contributed by atoms with Crippen molar-refractivity contribution in [1.29, 1.82) is 0 Å². The number of nitrogens with one attached hydrogen (secondary N) is 1. The molecule has 0 atom stereocenters. The smallest absolute Gasteiger partial charge is 0.331 e. The Bertz CT molecular complexity index is 1250. The summed E-state index contributed by atoms with van der Waals surface area (Å²) in [6, 6.07) is 23.7. The number of carbonyl (C=O) groups excluding carboxylic acids is 1. The van der Waals surface area contributed by atoms with Gasteiger partial charge in [0.15, 0.2) is 0 Å². The molecule has 2 amide bonds. The average Bonchev–Trinajstić information content (AvgIpc) is 2.85. The van der Waals surface area contributed by atoms with E-state index in [-0.39, 0.29) is 11.0 Å². The molecule has 3 aromatic rings. The van der Waals surface area contributed by atoms with Crippen molar-refractivity contribution in [1.82, 2.24) is 14.5 Å². The summed E-state index contributed by atoms with van der Waals surface area (Å²) in [5.74, 6) is 0.789. The lowest BCUT2D eigenvalue weighted by Gasteiger charge is -2.32. The zero-order valence-corrected chi connectivity index (χ0v) is 20.9. The van der Waals surface area contributed by atoms with E-state index in [1.165, 1.54) is 28.2 Å². The molecule has 0 spiro atoms. The lowest BCUT2D eigenvalue weighted by molar-refractivity contribution is 0.113. The molecule has 1 aliphatic heterocycles. The highest BCUT2D eigenvalue weighted by Crippen LogP contribution is 2.29. The van der Waals surface area contributed by atoms with E-state index in [9.17, 15) is 13.2 Å². The highest BCUT2D eigenvalue weighted by Gasteiger charge is 2.27. The molecule has 1 fully saturated rings. The van der Waals surface area contributed by atoms with E-state index >= 15 is 0 Å². The van der Waals surface area contributed by atoms with Crippen molar-refractivity contribution in [2.24, 2.45) is 0 Å². The fraction of sp³-hybridized carbons (Fsp3) is 0.296. The minimum absolute atomic E-state index is 0.0444. The number of rotatable bonds is 7. The van der Waals surface area contributed by atoms with Crippen LogP contribution in [-0.4, -0.2) is 57.5 Å². The van der Waals surface area contributed by atoms with Crippen LogP contribution in [0.5, 0.6) is 5.75 Å². The minimum atomic E-state index is -3.89. The van der Waals surface area contributed by atoms with Gasteiger partial charge in [0.1, 0.15) is 11.9 Å². The van der Waals surface area contributed by atoms with E-state index in [0.29, 0.717) is 25.9 Å². The normalized spacial score (nSPS) is 14.7. The second-order valence-electron chi connectivity index (χ2n) is 8.95. The van der Waals surface area contributed by atoms with Crippen LogP contribution in [0.25, 0.3) is 11.1 Å². The van der Waals surface area contributed by atoms with Crippen molar-refractivity contribution in [3.8, 4) is 16.9 Å². The first-order valence-corrected chi connectivity index (χ1v) is 13.2. The van der Waals surface area contributed by atoms with Gasteiger partial charge in [-0.05, 0) is 55.1 Å². The molecule has 1 heterocycles. The van der Waals surface area contributed by atoms with E-state index in [4.69, 9.17) is 4.74 Å². The van der Waals surface area contributed by atoms with Gasteiger partial charge in [-0.1, -0.05) is 54.6 Å². The van der Waals surface area contributed by atoms with Crippen LogP contribution in [-0.2, 0) is 16.6 Å². The first kappa shape index (κ1) is 24.8. The summed E-state index contributed by atoms with van der Waals surface area (Å²) in [6.07, 6.45) is 1.21. The van der Waals surface area contributed by atoms with Crippen LogP contribution < -0.4 is 9.46 Å². The number of sulfonamides is 1. The average molecular weight is 494 g/mol. The molecule has 7 nitrogen and oxygen atoms in total. The van der Waals surface area contributed by atoms with Gasteiger partial charge in [-0.15, -0.1) is 0 Å². The second kappa shape index (κ2) is 10.9. The molecular formula is C27H31N3O4S. The Kier molecular flexibility index (Phi) is 7.73. The van der Waals surface area contributed by atoms with Gasteiger partial charge in [-0.2, -0.15) is 0 Å². The Morgan fingerprint density at radius 3 is 2.37 bits per heavy atom. The highest BCUT2D eigenvalue weighted by molar-refractivity contribution is 7.90. The fourth-order valence-corrected chi connectivity index (χ4v) is 5.22. The van der Waals surface area contributed by atoms with E-state index in [0.717, 1.165) is 17.9 Å². The van der Waals surface area contributed by atoms with Gasteiger partial charge in [-0.25, -0.2) is 17.9 Å². The maximum atomic E-state index is 12.6. The summed E-state index contributed by atoms with van der Waals surface area (Å²) < 4.78 is 33.3. The number of piperidine rings is 1. The number of amides is 2. The number of urea groups is 1. The Hall–Kier alpha value is -3.36. The predicted molar refractivity (Wildman–Crippen MR) is 137 cm³/mol. The van der Waals surface area contributed by atoms with Gasteiger partial charge in [0, 0.05) is 32.5 Å². The lowest BCUT2D eigenvalue weighted by Crippen LogP contribution is -2.48. The third-order valence-corrected chi connectivity index (χ3v) is 7.29. The highest BCUT2D eigenvalue weighted by atomic mass is 32.2. The largest absolute Gasteiger partial charge is 0.490 e. The van der Waals surface area contributed by atoms with E-state index in [2.05, 4.69) is 54.0 Å². The van der Waals surface area contributed by atoms with Crippen LogP contribution in [0.2, 0.25) is 0 Å². The number of hydrogen-bond donors (Lipinski definition) is 1. The van der Waals surface area contributed by atoms with Gasteiger partial charge in [0.25, 0.3) is 10.0 Å². The molecule has 184 valence electrons. The van der Waals surface area contributed by atoms with E-state index < -0.39 is 16.1 Å². The Morgan fingerprint density at radius 1 is 0.971 bits per heavy atom. The third-order valence-electron chi connectivity index (χ3n) is 5.96. The fourth-order valence-electron chi connectivity index (χ4n) is 4.22. The van der Waals surface area contributed by atoms with Gasteiger partial charge < -0.3 is 14.5 Å². The van der Waals surface area contributed by atoms with Gasteiger partial charge in [-0.3, -0.25) is 0 Å². The van der Waals surface area contributed by atoms with Crippen LogP contribution in [0, 0.1) is 0 Å². The lowest BCUT2D eigenvalue weighted by atomic mass is 9.99. The van der Waals surface area contributed by atoms with Crippen LogP contribution >= 0.6 is 0 Å².